The number of nitrogens with zero attached hydrogens (tertiary/aromatic N) is 1. The van der Waals surface area contributed by atoms with Crippen LogP contribution in [0.4, 0.5) is 5.69 Å². The summed E-state index contributed by atoms with van der Waals surface area (Å²) in [6.45, 7) is 1.56. The molecule has 1 aliphatic heterocycles. The lowest BCUT2D eigenvalue weighted by Gasteiger charge is -2.34. The second-order valence-electron chi connectivity index (χ2n) is 6.56. The summed E-state index contributed by atoms with van der Waals surface area (Å²) in [5.74, 6) is 0.669. The van der Waals surface area contributed by atoms with Crippen LogP contribution in [0.15, 0.2) is 18.2 Å². The van der Waals surface area contributed by atoms with E-state index in [0.717, 1.165) is 15.9 Å². The molecule has 0 unspecified atom stereocenters. The summed E-state index contributed by atoms with van der Waals surface area (Å²) < 4.78 is 6.51. The highest BCUT2D eigenvalue weighted by Gasteiger charge is 2.38. The number of thiazole rings is 1. The molecule has 0 atom stereocenters. The number of rotatable bonds is 4. The Balaban J connectivity index is 1.55. The predicted molar refractivity (Wildman–Crippen MR) is 91.8 cm³/mol. The number of benzene rings is 1. The summed E-state index contributed by atoms with van der Waals surface area (Å²) in [7, 11) is 0. The maximum atomic E-state index is 12.7. The first-order chi connectivity index (χ1) is 11.2. The lowest BCUT2D eigenvalue weighted by molar-refractivity contribution is -0.130. The van der Waals surface area contributed by atoms with E-state index in [1.807, 2.05) is 18.2 Å². The van der Waals surface area contributed by atoms with E-state index in [2.05, 4.69) is 10.3 Å². The number of amides is 1. The molecule has 2 aromatic rings. The Bertz CT molecular complexity index is 733. The van der Waals surface area contributed by atoms with Crippen LogP contribution in [0.5, 0.6) is 0 Å². The van der Waals surface area contributed by atoms with Gasteiger partial charge < -0.3 is 15.8 Å². The zero-order chi connectivity index (χ0) is 15.9. The molecule has 1 saturated carbocycles. The largest absolute Gasteiger partial charge is 0.381 e. The van der Waals surface area contributed by atoms with Gasteiger partial charge in [-0.2, -0.15) is 0 Å². The van der Waals surface area contributed by atoms with Crippen molar-refractivity contribution in [2.75, 3.05) is 25.1 Å². The summed E-state index contributed by atoms with van der Waals surface area (Å²) in [6, 6.07) is 5.95. The summed E-state index contributed by atoms with van der Waals surface area (Å²) in [4.78, 5) is 17.4. The third-order valence-electron chi connectivity index (χ3n) is 4.91. The lowest BCUT2D eigenvalue weighted by Crippen LogP contribution is -2.46. The van der Waals surface area contributed by atoms with E-state index < -0.39 is 5.41 Å². The monoisotopic (exact) mass is 331 g/mol. The Kier molecular flexibility index (Phi) is 3.83. The van der Waals surface area contributed by atoms with Crippen molar-refractivity contribution in [3.8, 4) is 0 Å². The van der Waals surface area contributed by atoms with Gasteiger partial charge in [0.05, 0.1) is 20.6 Å². The minimum Gasteiger partial charge on any atom is -0.381 e. The van der Waals surface area contributed by atoms with Crippen molar-refractivity contribution in [3.05, 3.63) is 23.2 Å². The average Bonchev–Trinajstić information content (AvgIpc) is 3.35. The van der Waals surface area contributed by atoms with Gasteiger partial charge in [-0.05, 0) is 43.9 Å². The zero-order valence-corrected chi connectivity index (χ0v) is 13.8. The van der Waals surface area contributed by atoms with Gasteiger partial charge in [0.1, 0.15) is 0 Å². The minimum absolute atomic E-state index is 0.00887. The number of hydrogen-bond acceptors (Lipinski definition) is 5. The van der Waals surface area contributed by atoms with Gasteiger partial charge in [0.25, 0.3) is 0 Å². The third-order valence-corrected chi connectivity index (χ3v) is 6.09. The predicted octanol–water partition coefficient (Wildman–Crippen LogP) is 2.87. The molecule has 1 saturated heterocycles. The van der Waals surface area contributed by atoms with Gasteiger partial charge in [-0.25, -0.2) is 4.98 Å². The second kappa shape index (κ2) is 5.85. The Labute approximate surface area is 139 Å². The van der Waals surface area contributed by atoms with Gasteiger partial charge in [0.15, 0.2) is 0 Å². The highest BCUT2D eigenvalue weighted by molar-refractivity contribution is 7.18. The van der Waals surface area contributed by atoms with Gasteiger partial charge in [-0.3, -0.25) is 4.79 Å². The topological polar surface area (TPSA) is 77.2 Å². The fraction of sp³-hybridized carbons (Fsp3) is 0.529. The van der Waals surface area contributed by atoms with E-state index >= 15 is 0 Å². The Morgan fingerprint density at radius 3 is 2.87 bits per heavy atom. The van der Waals surface area contributed by atoms with Crippen LogP contribution in [0, 0.1) is 5.41 Å². The van der Waals surface area contributed by atoms with E-state index in [9.17, 15) is 4.79 Å². The molecule has 0 radical (unpaired) electrons. The molecular weight excluding hydrogens is 310 g/mol. The molecule has 1 aliphatic carbocycles. The fourth-order valence-corrected chi connectivity index (χ4v) is 4.25. The minimum atomic E-state index is -0.500. The van der Waals surface area contributed by atoms with Crippen LogP contribution in [-0.2, 0) is 9.53 Å². The summed E-state index contributed by atoms with van der Waals surface area (Å²) >= 11 is 1.74. The van der Waals surface area contributed by atoms with Gasteiger partial charge >= 0.3 is 0 Å². The smallest absolute Gasteiger partial charge is 0.232 e. The number of aromatic nitrogens is 1. The SMILES string of the molecule is NCC1(C(=O)Nc2ccc3nc(C4CC4)sc3c2)CCOCC1. The molecule has 2 fully saturated rings. The van der Waals surface area contributed by atoms with E-state index in [1.165, 1.54) is 17.8 Å². The maximum absolute atomic E-state index is 12.7. The number of nitrogens with one attached hydrogen (secondary N) is 1. The van der Waals surface area contributed by atoms with Crippen molar-refractivity contribution in [1.82, 2.24) is 4.98 Å². The first kappa shape index (κ1) is 15.1. The van der Waals surface area contributed by atoms with Crippen LogP contribution in [0.2, 0.25) is 0 Å². The lowest BCUT2D eigenvalue weighted by atomic mass is 9.79. The Morgan fingerprint density at radius 2 is 2.17 bits per heavy atom. The van der Waals surface area contributed by atoms with Crippen molar-refractivity contribution in [2.45, 2.75) is 31.6 Å². The van der Waals surface area contributed by atoms with Crippen LogP contribution in [-0.4, -0.2) is 30.6 Å². The number of hydrogen-bond donors (Lipinski definition) is 2. The van der Waals surface area contributed by atoms with Crippen molar-refractivity contribution in [2.24, 2.45) is 11.1 Å². The molecule has 4 rings (SSSR count). The van der Waals surface area contributed by atoms with Crippen molar-refractivity contribution in [1.29, 1.82) is 0 Å². The molecule has 1 aromatic carbocycles. The molecule has 122 valence electrons. The number of fused-ring (bicyclic) bond motifs is 1. The summed E-state index contributed by atoms with van der Waals surface area (Å²) in [5, 5.41) is 4.28. The van der Waals surface area contributed by atoms with Crippen molar-refractivity contribution >= 4 is 33.1 Å². The van der Waals surface area contributed by atoms with E-state index in [4.69, 9.17) is 10.5 Å². The molecule has 6 heteroatoms. The first-order valence-corrected chi connectivity index (χ1v) is 9.02. The number of carbonyl (C=O) groups is 1. The molecule has 3 N–H and O–H groups in total. The Hall–Kier alpha value is -1.50. The van der Waals surface area contributed by atoms with Gasteiger partial charge in [0, 0.05) is 31.4 Å². The Morgan fingerprint density at radius 1 is 1.39 bits per heavy atom. The van der Waals surface area contributed by atoms with Gasteiger partial charge in [-0.15, -0.1) is 11.3 Å². The van der Waals surface area contributed by atoms with Crippen molar-refractivity contribution < 1.29 is 9.53 Å². The second-order valence-corrected chi connectivity index (χ2v) is 7.62. The molecule has 0 spiro atoms. The molecule has 2 heterocycles. The molecule has 5 nitrogen and oxygen atoms in total. The molecular formula is C17H21N3O2S. The zero-order valence-electron chi connectivity index (χ0n) is 13.0. The molecule has 2 aliphatic rings. The van der Waals surface area contributed by atoms with Crippen LogP contribution >= 0.6 is 11.3 Å². The quantitative estimate of drug-likeness (QED) is 0.903. The number of carbonyl (C=O) groups excluding carboxylic acids is 1. The van der Waals surface area contributed by atoms with E-state index in [-0.39, 0.29) is 5.91 Å². The highest BCUT2D eigenvalue weighted by atomic mass is 32.1. The molecule has 23 heavy (non-hydrogen) atoms. The van der Waals surface area contributed by atoms with Crippen LogP contribution < -0.4 is 11.1 Å². The van der Waals surface area contributed by atoms with Gasteiger partial charge in [-0.1, -0.05) is 0 Å². The summed E-state index contributed by atoms with van der Waals surface area (Å²) in [6.07, 6.45) is 3.88. The number of anilines is 1. The normalized spacial score (nSPS) is 20.6. The van der Waals surface area contributed by atoms with E-state index in [1.54, 1.807) is 11.3 Å². The molecule has 1 amide bonds. The summed E-state index contributed by atoms with van der Waals surface area (Å²) in [5.41, 5.74) is 7.25. The highest BCUT2D eigenvalue weighted by Crippen LogP contribution is 2.43. The van der Waals surface area contributed by atoms with E-state index in [0.29, 0.717) is 38.5 Å². The van der Waals surface area contributed by atoms with Crippen LogP contribution in [0.25, 0.3) is 10.2 Å². The fourth-order valence-electron chi connectivity index (χ4n) is 3.07. The number of nitrogens with two attached hydrogens (primary N) is 1. The first-order valence-electron chi connectivity index (χ1n) is 8.20. The van der Waals surface area contributed by atoms with Crippen LogP contribution in [0.3, 0.4) is 0 Å². The third kappa shape index (κ3) is 2.86. The molecule has 0 bridgehead atoms. The molecule has 1 aromatic heterocycles. The maximum Gasteiger partial charge on any atom is 0.232 e. The van der Waals surface area contributed by atoms with Crippen molar-refractivity contribution in [3.63, 3.8) is 0 Å². The van der Waals surface area contributed by atoms with Crippen LogP contribution in [0.1, 0.15) is 36.6 Å². The standard InChI is InChI=1S/C17H21N3O2S/c18-10-17(5-7-22-8-6-17)16(21)19-12-3-4-13-14(9-12)23-15(20-13)11-1-2-11/h3-4,9,11H,1-2,5-8,10,18H2,(H,19,21). The number of ether oxygens (including phenoxy) is 1. The van der Waals surface area contributed by atoms with Gasteiger partial charge in [0.2, 0.25) is 5.91 Å². The average molecular weight is 331 g/mol.